The summed E-state index contributed by atoms with van der Waals surface area (Å²) in [6, 6.07) is 5.58. The second-order valence-electron chi connectivity index (χ2n) is 4.77. The van der Waals surface area contributed by atoms with Crippen LogP contribution >= 0.6 is 27.5 Å². The first-order chi connectivity index (χ1) is 8.99. The number of benzene rings is 1. The molecule has 0 radical (unpaired) electrons. The van der Waals surface area contributed by atoms with Crippen molar-refractivity contribution in [2.45, 2.75) is 39.0 Å². The van der Waals surface area contributed by atoms with Crippen LogP contribution in [0.3, 0.4) is 0 Å². The van der Waals surface area contributed by atoms with Gasteiger partial charge in [-0.15, -0.1) is 11.6 Å². The van der Waals surface area contributed by atoms with Gasteiger partial charge in [0.05, 0.1) is 5.38 Å². The average Bonchev–Trinajstić information content (AvgIpc) is 2.40. The zero-order valence-electron chi connectivity index (χ0n) is 11.7. The maximum atomic E-state index is 12.0. The number of amides is 1. The van der Waals surface area contributed by atoms with Crippen molar-refractivity contribution < 1.29 is 4.79 Å². The van der Waals surface area contributed by atoms with Crippen LogP contribution in [0.1, 0.15) is 42.6 Å². The van der Waals surface area contributed by atoms with Crippen molar-refractivity contribution in [3.05, 3.63) is 33.8 Å². The Bertz CT molecular complexity index is 432. The number of carbonyl (C=O) groups is 1. The Morgan fingerprint density at radius 3 is 2.53 bits per heavy atom. The van der Waals surface area contributed by atoms with Crippen molar-refractivity contribution in [3.8, 4) is 0 Å². The van der Waals surface area contributed by atoms with E-state index in [0.717, 1.165) is 22.9 Å². The number of alkyl halides is 1. The average molecular weight is 347 g/mol. The lowest BCUT2D eigenvalue weighted by Crippen LogP contribution is -2.33. The molecule has 4 heteroatoms. The summed E-state index contributed by atoms with van der Waals surface area (Å²) in [5.74, 6) is 0.390. The molecule has 0 aliphatic carbocycles. The molecule has 0 aromatic heterocycles. The highest BCUT2D eigenvalue weighted by Gasteiger charge is 2.17. The van der Waals surface area contributed by atoms with Gasteiger partial charge in [0.2, 0.25) is 0 Å². The maximum Gasteiger partial charge on any atom is 0.251 e. The van der Waals surface area contributed by atoms with Crippen LogP contribution in [0.2, 0.25) is 0 Å². The zero-order chi connectivity index (χ0) is 14.4. The van der Waals surface area contributed by atoms with Gasteiger partial charge in [-0.1, -0.05) is 42.6 Å². The molecule has 1 amide bonds. The third-order valence-electron chi connectivity index (χ3n) is 3.44. The van der Waals surface area contributed by atoms with Gasteiger partial charge in [-0.3, -0.25) is 4.79 Å². The normalized spacial score (nSPS) is 12.5. The van der Waals surface area contributed by atoms with Gasteiger partial charge in [0, 0.05) is 16.6 Å². The third-order valence-corrected chi connectivity index (χ3v) is 4.84. The van der Waals surface area contributed by atoms with Gasteiger partial charge in [0.15, 0.2) is 0 Å². The summed E-state index contributed by atoms with van der Waals surface area (Å²) < 4.78 is 1.01. The quantitative estimate of drug-likeness (QED) is 0.753. The summed E-state index contributed by atoms with van der Waals surface area (Å²) in [6.07, 6.45) is 2.08. The maximum absolute atomic E-state index is 12.0. The number of nitrogens with one attached hydrogen (secondary N) is 1. The van der Waals surface area contributed by atoms with Crippen molar-refractivity contribution in [1.82, 2.24) is 5.32 Å². The molecule has 2 nitrogen and oxygen atoms in total. The first-order valence-corrected chi connectivity index (χ1v) is 7.90. The van der Waals surface area contributed by atoms with E-state index >= 15 is 0 Å². The van der Waals surface area contributed by atoms with Gasteiger partial charge in [-0.2, -0.15) is 0 Å². The summed E-state index contributed by atoms with van der Waals surface area (Å²) >= 11 is 9.74. The molecule has 19 heavy (non-hydrogen) atoms. The molecule has 0 bridgehead atoms. The molecule has 0 fully saturated rings. The molecule has 1 unspecified atom stereocenters. The van der Waals surface area contributed by atoms with Crippen molar-refractivity contribution in [2.75, 3.05) is 6.54 Å². The second kappa shape index (κ2) is 7.91. The predicted molar refractivity (Wildman–Crippen MR) is 84.9 cm³/mol. The van der Waals surface area contributed by atoms with Crippen LogP contribution in [0, 0.1) is 12.8 Å². The van der Waals surface area contributed by atoms with E-state index < -0.39 is 0 Å². The van der Waals surface area contributed by atoms with Crippen molar-refractivity contribution in [2.24, 2.45) is 5.92 Å². The minimum absolute atomic E-state index is 0.00417. The lowest BCUT2D eigenvalue weighted by molar-refractivity contribution is 0.0951. The summed E-state index contributed by atoms with van der Waals surface area (Å²) in [7, 11) is 0. The molecule has 0 aliphatic heterocycles. The fourth-order valence-corrected chi connectivity index (χ4v) is 2.73. The van der Waals surface area contributed by atoms with Gasteiger partial charge in [-0.05, 0) is 36.6 Å². The van der Waals surface area contributed by atoms with Crippen molar-refractivity contribution in [3.63, 3.8) is 0 Å². The van der Waals surface area contributed by atoms with Crippen LogP contribution in [0.25, 0.3) is 0 Å². The van der Waals surface area contributed by atoms with E-state index in [4.69, 9.17) is 11.6 Å². The Hall–Kier alpha value is -0.540. The summed E-state index contributed by atoms with van der Waals surface area (Å²) in [4.78, 5) is 12.0. The summed E-state index contributed by atoms with van der Waals surface area (Å²) in [5.41, 5.74) is 1.73. The van der Waals surface area contributed by atoms with E-state index in [0.29, 0.717) is 18.0 Å². The number of rotatable bonds is 6. The summed E-state index contributed by atoms with van der Waals surface area (Å²) in [6.45, 7) is 6.74. The largest absolute Gasteiger partial charge is 0.351 e. The lowest BCUT2D eigenvalue weighted by Gasteiger charge is -2.19. The minimum Gasteiger partial charge on any atom is -0.351 e. The molecular weight excluding hydrogens is 326 g/mol. The first kappa shape index (κ1) is 16.5. The van der Waals surface area contributed by atoms with Crippen LogP contribution in [-0.4, -0.2) is 17.8 Å². The van der Waals surface area contributed by atoms with Gasteiger partial charge in [0.1, 0.15) is 0 Å². The number of hydrogen-bond acceptors (Lipinski definition) is 1. The highest BCUT2D eigenvalue weighted by Crippen LogP contribution is 2.19. The van der Waals surface area contributed by atoms with Gasteiger partial charge in [0.25, 0.3) is 5.91 Å². The topological polar surface area (TPSA) is 29.1 Å². The fourth-order valence-electron chi connectivity index (χ4n) is 2.05. The molecule has 0 heterocycles. The fraction of sp³-hybridized carbons (Fsp3) is 0.533. The molecule has 1 rings (SSSR count). The van der Waals surface area contributed by atoms with Crippen LogP contribution < -0.4 is 5.32 Å². The number of halogens is 2. The lowest BCUT2D eigenvalue weighted by atomic mass is 9.99. The first-order valence-electron chi connectivity index (χ1n) is 6.68. The third kappa shape index (κ3) is 4.81. The molecule has 1 aromatic rings. The van der Waals surface area contributed by atoms with Crippen molar-refractivity contribution in [1.29, 1.82) is 0 Å². The van der Waals surface area contributed by atoms with Crippen LogP contribution in [0.4, 0.5) is 0 Å². The standard InChI is InChI=1S/C15H21BrClNO/c1-4-11(5-2)14(17)9-18-15(19)12-6-7-13(16)10(3)8-12/h6-8,11,14H,4-5,9H2,1-3H3,(H,18,19). The molecule has 0 spiro atoms. The van der Waals surface area contributed by atoms with E-state index in [2.05, 4.69) is 35.1 Å². The Labute approximate surface area is 129 Å². The Morgan fingerprint density at radius 1 is 1.37 bits per heavy atom. The zero-order valence-corrected chi connectivity index (χ0v) is 14.0. The molecule has 0 saturated carbocycles. The molecule has 0 aliphatic rings. The smallest absolute Gasteiger partial charge is 0.251 e. The molecule has 0 saturated heterocycles. The summed E-state index contributed by atoms with van der Waals surface area (Å²) in [5, 5.41) is 2.90. The molecule has 1 atom stereocenters. The van der Waals surface area contributed by atoms with Gasteiger partial charge in [-0.25, -0.2) is 0 Å². The number of hydrogen-bond donors (Lipinski definition) is 1. The van der Waals surface area contributed by atoms with Crippen molar-refractivity contribution >= 4 is 33.4 Å². The predicted octanol–water partition coefficient (Wildman–Crippen LogP) is 4.53. The Morgan fingerprint density at radius 2 is 2.00 bits per heavy atom. The van der Waals surface area contributed by atoms with E-state index in [1.807, 2.05) is 25.1 Å². The van der Waals surface area contributed by atoms with E-state index in [-0.39, 0.29) is 11.3 Å². The Kier molecular flexibility index (Phi) is 6.87. The SMILES string of the molecule is CCC(CC)C(Cl)CNC(=O)c1ccc(Br)c(C)c1. The van der Waals surface area contributed by atoms with E-state index in [1.165, 1.54) is 0 Å². The van der Waals surface area contributed by atoms with Gasteiger partial charge >= 0.3 is 0 Å². The minimum atomic E-state index is -0.0628. The molecule has 1 aromatic carbocycles. The molecule has 106 valence electrons. The second-order valence-corrected chi connectivity index (χ2v) is 6.18. The molecule has 1 N–H and O–H groups in total. The number of carbonyl (C=O) groups excluding carboxylic acids is 1. The highest BCUT2D eigenvalue weighted by molar-refractivity contribution is 9.10. The van der Waals surface area contributed by atoms with Crippen LogP contribution in [0.5, 0.6) is 0 Å². The van der Waals surface area contributed by atoms with Crippen LogP contribution in [0.15, 0.2) is 22.7 Å². The Balaban J connectivity index is 2.58. The highest BCUT2D eigenvalue weighted by atomic mass is 79.9. The number of aryl methyl sites for hydroxylation is 1. The molecular formula is C15H21BrClNO. The van der Waals surface area contributed by atoms with Crippen LogP contribution in [-0.2, 0) is 0 Å². The monoisotopic (exact) mass is 345 g/mol. The van der Waals surface area contributed by atoms with Gasteiger partial charge < -0.3 is 5.32 Å². The van der Waals surface area contributed by atoms with E-state index in [1.54, 1.807) is 0 Å². The van der Waals surface area contributed by atoms with E-state index in [9.17, 15) is 4.79 Å².